The zero-order valence-corrected chi connectivity index (χ0v) is 10.2. The molecule has 0 N–H and O–H groups in total. The Kier molecular flexibility index (Phi) is 3.97. The van der Waals surface area contributed by atoms with Crippen LogP contribution in [0.15, 0.2) is 61.3 Å². The predicted octanol–water partition coefficient (Wildman–Crippen LogP) is 2.80. The second kappa shape index (κ2) is 5.87. The van der Waals surface area contributed by atoms with Gasteiger partial charge in [0.1, 0.15) is 5.69 Å². The summed E-state index contributed by atoms with van der Waals surface area (Å²) in [4.78, 5) is 0. The summed E-state index contributed by atoms with van der Waals surface area (Å²) in [6, 6.07) is 13.5. The number of allylic oxidation sites excluding steroid dienone is 1. The summed E-state index contributed by atoms with van der Waals surface area (Å²) in [5.41, 5.74) is 1.89. The molecule has 0 radical (unpaired) electrons. The zero-order chi connectivity index (χ0) is 12.8. The monoisotopic (exact) mass is 240 g/mol. The maximum Gasteiger partial charge on any atom is 0.198 e. The Balaban J connectivity index is 2.12. The fraction of sp³-hybridized carbons (Fsp3) is 0.133. The minimum absolute atomic E-state index is 0.361. The van der Waals surface area contributed by atoms with E-state index in [1.54, 1.807) is 6.21 Å². The van der Waals surface area contributed by atoms with Gasteiger partial charge in [0.05, 0.1) is 0 Å². The van der Waals surface area contributed by atoms with Gasteiger partial charge in [0.2, 0.25) is 0 Å². The summed E-state index contributed by atoms with van der Waals surface area (Å²) in [5.74, 6) is 0. The van der Waals surface area contributed by atoms with E-state index in [0.29, 0.717) is 13.1 Å². The molecule has 3 nitrogen and oxygen atoms in total. The van der Waals surface area contributed by atoms with Crippen molar-refractivity contribution in [1.29, 1.82) is 0 Å². The van der Waals surface area contributed by atoms with Crippen LogP contribution in [0.4, 0.5) is 0 Å². The van der Waals surface area contributed by atoms with Gasteiger partial charge in [-0.2, -0.15) is 0 Å². The third kappa shape index (κ3) is 3.10. The van der Waals surface area contributed by atoms with E-state index >= 15 is 0 Å². The molecule has 0 bridgehead atoms. The van der Waals surface area contributed by atoms with Crippen LogP contribution in [-0.4, -0.2) is 15.5 Å². The predicted molar refractivity (Wildman–Crippen MR) is 73.6 cm³/mol. The molecule has 1 aromatic heterocycles. The highest BCUT2D eigenvalue weighted by atomic mass is 16.5. The third-order valence-corrected chi connectivity index (χ3v) is 2.65. The van der Waals surface area contributed by atoms with Crippen LogP contribution < -0.4 is 0 Å². The first-order valence-corrected chi connectivity index (χ1v) is 5.88. The molecule has 92 valence electrons. The molecular formula is C15H16N2O. The summed E-state index contributed by atoms with van der Waals surface area (Å²) in [6.07, 6.45) is 5.35. The van der Waals surface area contributed by atoms with E-state index in [1.165, 1.54) is 0 Å². The average molecular weight is 240 g/mol. The lowest BCUT2D eigenvalue weighted by molar-refractivity contribution is -0.469. The first-order chi connectivity index (χ1) is 8.79. The van der Waals surface area contributed by atoms with Crippen molar-refractivity contribution >= 4 is 6.21 Å². The second-order valence-electron chi connectivity index (χ2n) is 4.06. The maximum atomic E-state index is 11.9. The summed E-state index contributed by atoms with van der Waals surface area (Å²) in [7, 11) is 0. The van der Waals surface area contributed by atoms with Gasteiger partial charge in [0.15, 0.2) is 12.8 Å². The molecule has 0 saturated carbocycles. The molecule has 0 fully saturated rings. The summed E-state index contributed by atoms with van der Waals surface area (Å²) >= 11 is 0. The molecule has 1 heterocycles. The molecule has 18 heavy (non-hydrogen) atoms. The smallest absolute Gasteiger partial charge is 0.198 e. The number of rotatable bonds is 5. The Labute approximate surface area is 107 Å². The van der Waals surface area contributed by atoms with Crippen molar-refractivity contribution in [2.24, 2.45) is 0 Å². The van der Waals surface area contributed by atoms with Gasteiger partial charge >= 0.3 is 0 Å². The standard InChI is InChI=1S/C15H16N2O/c1-2-10-16-11-6-9-15(16)13-17(18)12-14-7-4-3-5-8-14/h2-9,11,13H,1,10,12H2/b17-13-. The Morgan fingerprint density at radius 3 is 2.67 bits per heavy atom. The van der Waals surface area contributed by atoms with Crippen LogP contribution in [0.2, 0.25) is 0 Å². The van der Waals surface area contributed by atoms with E-state index in [4.69, 9.17) is 0 Å². The molecule has 3 heteroatoms. The first kappa shape index (κ1) is 12.2. The van der Waals surface area contributed by atoms with Gasteiger partial charge in [-0.25, -0.2) is 4.74 Å². The van der Waals surface area contributed by atoms with E-state index in [9.17, 15) is 5.21 Å². The van der Waals surface area contributed by atoms with Crippen molar-refractivity contribution in [3.05, 3.63) is 77.8 Å². The van der Waals surface area contributed by atoms with Crippen LogP contribution in [-0.2, 0) is 13.1 Å². The molecule has 0 saturated heterocycles. The number of aromatic nitrogens is 1. The molecule has 2 aromatic rings. The Morgan fingerprint density at radius 2 is 1.94 bits per heavy atom. The quantitative estimate of drug-likeness (QED) is 0.260. The fourth-order valence-electron chi connectivity index (χ4n) is 1.81. The number of hydrogen-bond acceptors (Lipinski definition) is 1. The van der Waals surface area contributed by atoms with E-state index in [0.717, 1.165) is 16.0 Å². The van der Waals surface area contributed by atoms with Crippen LogP contribution in [0.1, 0.15) is 11.3 Å². The Morgan fingerprint density at radius 1 is 1.17 bits per heavy atom. The van der Waals surface area contributed by atoms with E-state index in [1.807, 2.05) is 59.3 Å². The minimum atomic E-state index is 0.361. The largest absolute Gasteiger partial charge is 0.623 e. The van der Waals surface area contributed by atoms with Crippen LogP contribution >= 0.6 is 0 Å². The number of hydrogen-bond donors (Lipinski definition) is 0. The molecule has 0 aliphatic heterocycles. The van der Waals surface area contributed by atoms with Gasteiger partial charge in [-0.3, -0.25) is 0 Å². The van der Waals surface area contributed by atoms with Gasteiger partial charge in [-0.05, 0) is 12.1 Å². The molecular weight excluding hydrogens is 224 g/mol. The van der Waals surface area contributed by atoms with Crippen molar-refractivity contribution in [1.82, 2.24) is 4.57 Å². The normalized spacial score (nSPS) is 11.4. The Bertz CT molecular complexity index is 541. The molecule has 2 rings (SSSR count). The molecule has 0 spiro atoms. The van der Waals surface area contributed by atoms with Crippen molar-refractivity contribution in [3.63, 3.8) is 0 Å². The summed E-state index contributed by atoms with van der Waals surface area (Å²) in [6.45, 7) is 4.76. The second-order valence-corrected chi connectivity index (χ2v) is 4.06. The number of benzene rings is 1. The van der Waals surface area contributed by atoms with Crippen LogP contribution in [0.3, 0.4) is 0 Å². The molecule has 0 atom stereocenters. The number of hydroxylamine groups is 1. The highest BCUT2D eigenvalue weighted by Gasteiger charge is 2.02. The molecule has 0 aliphatic carbocycles. The van der Waals surface area contributed by atoms with E-state index in [-0.39, 0.29) is 0 Å². The first-order valence-electron chi connectivity index (χ1n) is 5.88. The van der Waals surface area contributed by atoms with Crippen LogP contribution in [0, 0.1) is 5.21 Å². The fourth-order valence-corrected chi connectivity index (χ4v) is 1.81. The van der Waals surface area contributed by atoms with Crippen molar-refractivity contribution in [3.8, 4) is 0 Å². The lowest BCUT2D eigenvalue weighted by Gasteiger charge is -2.05. The van der Waals surface area contributed by atoms with Crippen LogP contribution in [0.5, 0.6) is 0 Å². The van der Waals surface area contributed by atoms with Crippen LogP contribution in [0.25, 0.3) is 0 Å². The van der Waals surface area contributed by atoms with Crippen molar-refractivity contribution in [2.75, 3.05) is 0 Å². The third-order valence-electron chi connectivity index (χ3n) is 2.65. The molecule has 1 aromatic carbocycles. The molecule has 0 amide bonds. The highest BCUT2D eigenvalue weighted by Crippen LogP contribution is 2.02. The average Bonchev–Trinajstić information content (AvgIpc) is 2.78. The summed E-state index contributed by atoms with van der Waals surface area (Å²) < 4.78 is 2.92. The van der Waals surface area contributed by atoms with Gasteiger partial charge in [-0.15, -0.1) is 6.58 Å². The lowest BCUT2D eigenvalue weighted by atomic mass is 10.2. The number of nitrogens with zero attached hydrogens (tertiary/aromatic N) is 2. The highest BCUT2D eigenvalue weighted by molar-refractivity contribution is 5.73. The zero-order valence-electron chi connectivity index (χ0n) is 10.2. The minimum Gasteiger partial charge on any atom is -0.623 e. The van der Waals surface area contributed by atoms with E-state index in [2.05, 4.69) is 6.58 Å². The van der Waals surface area contributed by atoms with Crippen molar-refractivity contribution in [2.45, 2.75) is 13.1 Å². The molecule has 0 unspecified atom stereocenters. The van der Waals surface area contributed by atoms with Gasteiger partial charge in [0.25, 0.3) is 0 Å². The summed E-state index contributed by atoms with van der Waals surface area (Å²) in [5, 5.41) is 11.9. The Hall–Kier alpha value is -2.29. The van der Waals surface area contributed by atoms with Crippen molar-refractivity contribution < 1.29 is 4.74 Å². The lowest BCUT2D eigenvalue weighted by Crippen LogP contribution is -2.09. The van der Waals surface area contributed by atoms with E-state index < -0.39 is 0 Å². The maximum absolute atomic E-state index is 11.9. The SMILES string of the molecule is C=CCn1cccc1/C=[N+](\[O-])Cc1ccccc1. The van der Waals surface area contributed by atoms with Gasteiger partial charge in [0, 0.05) is 18.3 Å². The molecule has 0 aliphatic rings. The topological polar surface area (TPSA) is 31.0 Å². The van der Waals surface area contributed by atoms with Gasteiger partial charge < -0.3 is 9.77 Å². The van der Waals surface area contributed by atoms with Gasteiger partial charge in [-0.1, -0.05) is 36.4 Å².